The quantitative estimate of drug-likeness (QED) is 0.504. The van der Waals surface area contributed by atoms with Crippen molar-refractivity contribution in [3.8, 4) is 0 Å². The van der Waals surface area contributed by atoms with Crippen LogP contribution in [0, 0.1) is 0 Å². The molecule has 198 valence electrons. The summed E-state index contributed by atoms with van der Waals surface area (Å²) in [6.45, 7) is 6.55. The van der Waals surface area contributed by atoms with Crippen molar-refractivity contribution in [1.29, 1.82) is 0 Å². The molecule has 1 aliphatic heterocycles. The van der Waals surface area contributed by atoms with E-state index in [1.165, 1.54) is 29.2 Å². The van der Waals surface area contributed by atoms with Crippen molar-refractivity contribution in [3.05, 3.63) is 70.8 Å². The van der Waals surface area contributed by atoms with Crippen molar-refractivity contribution in [1.82, 2.24) is 9.80 Å². The molecule has 1 aliphatic rings. The number of benzene rings is 2. The summed E-state index contributed by atoms with van der Waals surface area (Å²) in [4.78, 5) is 15.9. The van der Waals surface area contributed by atoms with Crippen LogP contribution in [0.25, 0.3) is 0 Å². The second-order valence-electron chi connectivity index (χ2n) is 9.71. The van der Waals surface area contributed by atoms with Gasteiger partial charge in [0.1, 0.15) is 5.60 Å². The fourth-order valence-corrected chi connectivity index (χ4v) is 4.10. The van der Waals surface area contributed by atoms with E-state index in [-0.39, 0.29) is 0 Å². The highest BCUT2D eigenvalue weighted by Crippen LogP contribution is 2.37. The van der Waals surface area contributed by atoms with Crippen LogP contribution in [-0.2, 0) is 17.1 Å². The Hall–Kier alpha value is -2.79. The Kier molecular flexibility index (Phi) is 7.95. The maximum atomic E-state index is 13.1. The Balaban J connectivity index is 1.87. The third-order valence-electron chi connectivity index (χ3n) is 5.90. The van der Waals surface area contributed by atoms with Gasteiger partial charge in [-0.15, -0.1) is 0 Å². The minimum atomic E-state index is -4.51. The topological polar surface area (TPSA) is 58.8 Å². The zero-order valence-corrected chi connectivity index (χ0v) is 20.2. The third kappa shape index (κ3) is 6.91. The molecule has 1 amide bonds. The van der Waals surface area contributed by atoms with E-state index in [1.807, 2.05) is 4.90 Å². The van der Waals surface area contributed by atoms with Crippen LogP contribution >= 0.6 is 0 Å². The number of carbonyl (C=O) groups excluding carboxylic acids is 1. The average Bonchev–Trinajstić information content (AvgIpc) is 2.78. The van der Waals surface area contributed by atoms with E-state index in [0.29, 0.717) is 37.3 Å². The predicted molar refractivity (Wildman–Crippen MR) is 122 cm³/mol. The summed E-state index contributed by atoms with van der Waals surface area (Å²) >= 11 is 0. The molecule has 1 heterocycles. The SMILES string of the molecule is CC(C)(C)OC(=O)N1CCN([C@H](c2ccc(C(F)(F)F)cc2)[C@@H](N)c2ccc(C(F)(F)F)cc2)CC1. The third-order valence-corrected chi connectivity index (χ3v) is 5.90. The van der Waals surface area contributed by atoms with Crippen molar-refractivity contribution in [2.75, 3.05) is 26.2 Å². The molecule has 0 aliphatic carbocycles. The molecule has 2 N–H and O–H groups in total. The summed E-state index contributed by atoms with van der Waals surface area (Å²) in [5, 5.41) is 0. The summed E-state index contributed by atoms with van der Waals surface area (Å²) in [6.07, 6.45) is -9.49. The van der Waals surface area contributed by atoms with Gasteiger partial charge in [0.2, 0.25) is 0 Å². The predicted octanol–water partition coefficient (Wildman–Crippen LogP) is 6.02. The van der Waals surface area contributed by atoms with E-state index in [0.717, 1.165) is 24.3 Å². The van der Waals surface area contributed by atoms with E-state index >= 15 is 0 Å². The van der Waals surface area contributed by atoms with Gasteiger partial charge in [0.15, 0.2) is 0 Å². The molecule has 5 nitrogen and oxygen atoms in total. The van der Waals surface area contributed by atoms with Crippen LogP contribution in [0.5, 0.6) is 0 Å². The maximum absolute atomic E-state index is 13.1. The highest BCUT2D eigenvalue weighted by molar-refractivity contribution is 5.68. The number of ether oxygens (including phenoxy) is 1. The Morgan fingerprint density at radius 2 is 1.19 bits per heavy atom. The minimum Gasteiger partial charge on any atom is -0.444 e. The summed E-state index contributed by atoms with van der Waals surface area (Å²) < 4.78 is 83.7. The second kappa shape index (κ2) is 10.3. The minimum absolute atomic E-state index is 0.297. The van der Waals surface area contributed by atoms with Gasteiger partial charge < -0.3 is 15.4 Å². The molecule has 0 spiro atoms. The van der Waals surface area contributed by atoms with Crippen molar-refractivity contribution in [2.45, 2.75) is 50.8 Å². The fraction of sp³-hybridized carbons (Fsp3) is 0.480. The number of hydrogen-bond acceptors (Lipinski definition) is 4. The van der Waals surface area contributed by atoms with Crippen LogP contribution in [0.4, 0.5) is 31.1 Å². The number of hydrogen-bond donors (Lipinski definition) is 1. The Morgan fingerprint density at radius 3 is 1.58 bits per heavy atom. The lowest BCUT2D eigenvalue weighted by Gasteiger charge is -2.42. The number of amides is 1. The normalized spacial score (nSPS) is 17.6. The smallest absolute Gasteiger partial charge is 0.416 e. The van der Waals surface area contributed by atoms with Crippen LogP contribution in [0.15, 0.2) is 48.5 Å². The van der Waals surface area contributed by atoms with Crippen molar-refractivity contribution >= 4 is 6.09 Å². The first-order chi connectivity index (χ1) is 16.6. The molecule has 36 heavy (non-hydrogen) atoms. The molecular weight excluding hydrogens is 488 g/mol. The summed E-state index contributed by atoms with van der Waals surface area (Å²) in [6, 6.07) is 7.52. The molecule has 0 unspecified atom stereocenters. The van der Waals surface area contributed by atoms with Gasteiger partial charge in [-0.1, -0.05) is 24.3 Å². The Bertz CT molecular complexity index is 1020. The number of piperazine rings is 1. The molecule has 2 atom stereocenters. The molecule has 0 saturated carbocycles. The van der Waals surface area contributed by atoms with Crippen LogP contribution in [0.1, 0.15) is 55.1 Å². The maximum Gasteiger partial charge on any atom is 0.416 e. The van der Waals surface area contributed by atoms with E-state index < -0.39 is 47.3 Å². The van der Waals surface area contributed by atoms with Crippen molar-refractivity contribution < 1.29 is 35.9 Å². The van der Waals surface area contributed by atoms with Crippen molar-refractivity contribution in [3.63, 3.8) is 0 Å². The fourth-order valence-electron chi connectivity index (χ4n) is 4.10. The van der Waals surface area contributed by atoms with Crippen LogP contribution in [0.3, 0.4) is 0 Å². The molecule has 0 radical (unpaired) electrons. The van der Waals surface area contributed by atoms with Crippen LogP contribution < -0.4 is 5.73 Å². The number of halogens is 6. The first-order valence-corrected chi connectivity index (χ1v) is 11.4. The van der Waals surface area contributed by atoms with E-state index in [9.17, 15) is 31.1 Å². The molecule has 11 heteroatoms. The number of carbonyl (C=O) groups is 1. The first-order valence-electron chi connectivity index (χ1n) is 11.4. The first kappa shape index (κ1) is 27.8. The number of alkyl halides is 6. The van der Waals surface area contributed by atoms with Crippen molar-refractivity contribution in [2.24, 2.45) is 5.73 Å². The monoisotopic (exact) mass is 517 g/mol. The molecule has 3 rings (SSSR count). The molecule has 2 aromatic rings. The standard InChI is InChI=1S/C25H29F6N3O2/c1-23(2,3)36-22(35)34-14-12-33(13-15-34)21(17-6-10-19(11-7-17)25(29,30)31)20(32)16-4-8-18(9-5-16)24(26,27)28/h4-11,20-21H,12-15,32H2,1-3H3/t20-,21+/m0/s1. The van der Waals surface area contributed by atoms with Gasteiger partial charge in [-0.05, 0) is 56.2 Å². The largest absolute Gasteiger partial charge is 0.444 e. The van der Waals surface area contributed by atoms with Crippen LogP contribution in [0.2, 0.25) is 0 Å². The number of nitrogens with zero attached hydrogens (tertiary/aromatic N) is 2. The number of nitrogens with two attached hydrogens (primary N) is 1. The lowest BCUT2D eigenvalue weighted by molar-refractivity contribution is -0.138. The average molecular weight is 518 g/mol. The van der Waals surface area contributed by atoms with Gasteiger partial charge in [0.05, 0.1) is 17.2 Å². The highest BCUT2D eigenvalue weighted by Gasteiger charge is 2.35. The Morgan fingerprint density at radius 1 is 0.778 bits per heavy atom. The molecule has 1 fully saturated rings. The van der Waals surface area contributed by atoms with Gasteiger partial charge in [0, 0.05) is 32.2 Å². The number of rotatable bonds is 4. The summed E-state index contributed by atoms with van der Waals surface area (Å²) in [7, 11) is 0. The molecular formula is C25H29F6N3O2. The molecule has 1 saturated heterocycles. The van der Waals surface area contributed by atoms with E-state index in [2.05, 4.69) is 0 Å². The summed E-state index contributed by atoms with van der Waals surface area (Å²) in [5.41, 5.74) is 5.10. The molecule has 0 bridgehead atoms. The van der Waals surface area contributed by atoms with E-state index in [4.69, 9.17) is 10.5 Å². The van der Waals surface area contributed by atoms with Gasteiger partial charge in [-0.2, -0.15) is 26.3 Å². The lowest BCUT2D eigenvalue weighted by atomic mass is 9.91. The molecule has 0 aromatic heterocycles. The van der Waals surface area contributed by atoms with Crippen LogP contribution in [-0.4, -0.2) is 47.7 Å². The van der Waals surface area contributed by atoms with Gasteiger partial charge in [-0.25, -0.2) is 4.79 Å². The zero-order chi connectivity index (χ0) is 26.9. The lowest BCUT2D eigenvalue weighted by Crippen LogP contribution is -2.52. The van der Waals surface area contributed by atoms with Gasteiger partial charge in [0.25, 0.3) is 0 Å². The van der Waals surface area contributed by atoms with Gasteiger partial charge >= 0.3 is 18.4 Å². The molecule has 2 aromatic carbocycles. The summed E-state index contributed by atoms with van der Waals surface area (Å²) in [5.74, 6) is 0. The highest BCUT2D eigenvalue weighted by atomic mass is 19.4. The van der Waals surface area contributed by atoms with Gasteiger partial charge in [-0.3, -0.25) is 4.90 Å². The van der Waals surface area contributed by atoms with E-state index in [1.54, 1.807) is 20.8 Å². The second-order valence-corrected chi connectivity index (χ2v) is 9.71. The zero-order valence-electron chi connectivity index (χ0n) is 20.2. The Labute approximate surface area is 205 Å².